The zero-order valence-electron chi connectivity index (χ0n) is 13.4. The van der Waals surface area contributed by atoms with Gasteiger partial charge in [-0.25, -0.2) is 17.9 Å². The lowest BCUT2D eigenvalue weighted by Crippen LogP contribution is -2.38. The molecule has 128 valence electrons. The molecule has 1 N–H and O–H groups in total. The number of anilines is 1. The lowest BCUT2D eigenvalue weighted by atomic mass is 10.1. The van der Waals surface area contributed by atoms with Gasteiger partial charge in [0.05, 0.1) is 23.7 Å². The Morgan fingerprint density at radius 2 is 2.17 bits per heavy atom. The van der Waals surface area contributed by atoms with Crippen LogP contribution in [0.5, 0.6) is 0 Å². The quantitative estimate of drug-likeness (QED) is 0.891. The number of hydrogen-bond acceptors (Lipinski definition) is 4. The molecule has 7 nitrogen and oxygen atoms in total. The highest BCUT2D eigenvalue weighted by molar-refractivity contribution is 7.91. The number of carbonyl (C=O) groups excluding carboxylic acids is 1. The predicted octanol–water partition coefficient (Wildman–Crippen LogP) is 1.90. The standard InChI is InChI=1S/C15H24N4O3S/c1-12-4-2-3-8-18(10-12)15(20)17-14-5-7-16-19(14)13-6-9-23(21,22)11-13/h5,7,12-13H,2-4,6,8-11H2,1H3,(H,17,20)/t12-,13+/m1/s1. The van der Waals surface area contributed by atoms with Crippen LogP contribution in [0.25, 0.3) is 0 Å². The number of nitrogens with one attached hydrogen (secondary N) is 1. The van der Waals surface area contributed by atoms with Crippen molar-refractivity contribution >= 4 is 21.7 Å². The van der Waals surface area contributed by atoms with Crippen molar-refractivity contribution in [2.24, 2.45) is 5.92 Å². The first-order valence-electron chi connectivity index (χ1n) is 8.24. The van der Waals surface area contributed by atoms with Gasteiger partial charge in [0, 0.05) is 19.2 Å². The number of urea groups is 1. The molecular weight excluding hydrogens is 316 g/mol. The monoisotopic (exact) mass is 340 g/mol. The average Bonchev–Trinajstić information content (AvgIpc) is 3.01. The summed E-state index contributed by atoms with van der Waals surface area (Å²) in [6.07, 6.45) is 5.49. The van der Waals surface area contributed by atoms with E-state index in [2.05, 4.69) is 17.3 Å². The SMILES string of the molecule is C[C@@H]1CCCCN(C(=O)Nc2ccnn2[C@H]2CCS(=O)(=O)C2)C1. The van der Waals surface area contributed by atoms with Gasteiger partial charge in [0.25, 0.3) is 0 Å². The summed E-state index contributed by atoms with van der Waals surface area (Å²) in [6, 6.07) is 1.42. The van der Waals surface area contributed by atoms with Gasteiger partial charge in [0.15, 0.2) is 9.84 Å². The van der Waals surface area contributed by atoms with Crippen molar-refractivity contribution in [2.45, 2.75) is 38.6 Å². The Morgan fingerprint density at radius 3 is 2.91 bits per heavy atom. The Morgan fingerprint density at radius 1 is 1.35 bits per heavy atom. The number of sulfone groups is 1. The number of amides is 2. The zero-order chi connectivity index (χ0) is 16.4. The number of nitrogens with zero attached hydrogens (tertiary/aromatic N) is 3. The summed E-state index contributed by atoms with van der Waals surface area (Å²) in [4.78, 5) is 14.4. The van der Waals surface area contributed by atoms with E-state index in [0.717, 1.165) is 32.4 Å². The van der Waals surface area contributed by atoms with E-state index in [-0.39, 0.29) is 23.6 Å². The highest BCUT2D eigenvalue weighted by atomic mass is 32.2. The van der Waals surface area contributed by atoms with Crippen molar-refractivity contribution in [3.05, 3.63) is 12.3 Å². The first-order valence-corrected chi connectivity index (χ1v) is 10.1. The van der Waals surface area contributed by atoms with Gasteiger partial charge < -0.3 is 4.90 Å². The summed E-state index contributed by atoms with van der Waals surface area (Å²) >= 11 is 0. The van der Waals surface area contributed by atoms with E-state index in [0.29, 0.717) is 18.2 Å². The summed E-state index contributed by atoms with van der Waals surface area (Å²) < 4.78 is 25.0. The minimum absolute atomic E-state index is 0.0955. The molecule has 2 amide bonds. The van der Waals surface area contributed by atoms with Crippen LogP contribution in [0.15, 0.2) is 12.3 Å². The molecule has 23 heavy (non-hydrogen) atoms. The predicted molar refractivity (Wildman–Crippen MR) is 88.1 cm³/mol. The van der Waals surface area contributed by atoms with Crippen LogP contribution in [0.4, 0.5) is 10.6 Å². The van der Waals surface area contributed by atoms with E-state index < -0.39 is 9.84 Å². The maximum absolute atomic E-state index is 12.5. The number of aromatic nitrogens is 2. The fourth-order valence-electron chi connectivity index (χ4n) is 3.40. The molecule has 0 spiro atoms. The molecule has 1 aromatic rings. The van der Waals surface area contributed by atoms with Crippen molar-refractivity contribution in [3.8, 4) is 0 Å². The van der Waals surface area contributed by atoms with Crippen LogP contribution < -0.4 is 5.32 Å². The number of carbonyl (C=O) groups is 1. The van der Waals surface area contributed by atoms with E-state index in [1.54, 1.807) is 16.9 Å². The second kappa shape index (κ2) is 6.51. The van der Waals surface area contributed by atoms with Gasteiger partial charge in [-0.05, 0) is 25.2 Å². The van der Waals surface area contributed by atoms with Crippen molar-refractivity contribution < 1.29 is 13.2 Å². The number of likely N-dealkylation sites (tertiary alicyclic amines) is 1. The van der Waals surface area contributed by atoms with Crippen LogP contribution in [0, 0.1) is 5.92 Å². The van der Waals surface area contributed by atoms with Gasteiger partial charge in [0.2, 0.25) is 0 Å². The van der Waals surface area contributed by atoms with E-state index in [1.807, 2.05) is 4.90 Å². The maximum atomic E-state index is 12.5. The highest BCUT2D eigenvalue weighted by Crippen LogP contribution is 2.26. The first kappa shape index (κ1) is 16.3. The van der Waals surface area contributed by atoms with Crippen LogP contribution in [0.2, 0.25) is 0 Å². The molecule has 2 atom stereocenters. The third-order valence-corrected chi connectivity index (χ3v) is 6.40. The van der Waals surface area contributed by atoms with Gasteiger partial charge in [-0.3, -0.25) is 5.32 Å². The lowest BCUT2D eigenvalue weighted by molar-refractivity contribution is 0.207. The fourth-order valence-corrected chi connectivity index (χ4v) is 5.09. The zero-order valence-corrected chi connectivity index (χ0v) is 14.3. The van der Waals surface area contributed by atoms with Crippen LogP contribution in [-0.4, -0.2) is 53.7 Å². The summed E-state index contributed by atoms with van der Waals surface area (Å²) in [5.74, 6) is 1.37. The molecular formula is C15H24N4O3S. The molecule has 3 heterocycles. The first-order chi connectivity index (χ1) is 10.9. The minimum Gasteiger partial charge on any atom is -0.324 e. The van der Waals surface area contributed by atoms with Crippen molar-refractivity contribution in [3.63, 3.8) is 0 Å². The Labute approximate surface area is 137 Å². The number of rotatable bonds is 2. The normalized spacial score (nSPS) is 27.6. The van der Waals surface area contributed by atoms with E-state index in [9.17, 15) is 13.2 Å². The van der Waals surface area contributed by atoms with Crippen LogP contribution >= 0.6 is 0 Å². The summed E-state index contributed by atoms with van der Waals surface area (Å²) in [5, 5.41) is 7.12. The average molecular weight is 340 g/mol. The van der Waals surface area contributed by atoms with E-state index in [1.165, 1.54) is 0 Å². The third-order valence-electron chi connectivity index (χ3n) is 4.65. The van der Waals surface area contributed by atoms with Gasteiger partial charge in [0.1, 0.15) is 5.82 Å². The van der Waals surface area contributed by atoms with Crippen molar-refractivity contribution in [1.29, 1.82) is 0 Å². The molecule has 2 saturated heterocycles. The maximum Gasteiger partial charge on any atom is 0.323 e. The van der Waals surface area contributed by atoms with Crippen LogP contribution in [0.1, 0.15) is 38.6 Å². The van der Waals surface area contributed by atoms with Gasteiger partial charge >= 0.3 is 6.03 Å². The van der Waals surface area contributed by atoms with E-state index >= 15 is 0 Å². The van der Waals surface area contributed by atoms with Gasteiger partial charge in [-0.2, -0.15) is 5.10 Å². The Bertz CT molecular complexity index is 670. The molecule has 2 fully saturated rings. The van der Waals surface area contributed by atoms with Crippen LogP contribution in [-0.2, 0) is 9.84 Å². The van der Waals surface area contributed by atoms with Gasteiger partial charge in [-0.1, -0.05) is 13.3 Å². The second-order valence-electron chi connectivity index (χ2n) is 6.69. The summed E-state index contributed by atoms with van der Waals surface area (Å²) in [6.45, 7) is 3.69. The Kier molecular flexibility index (Phi) is 4.61. The van der Waals surface area contributed by atoms with Crippen LogP contribution in [0.3, 0.4) is 0 Å². The van der Waals surface area contributed by atoms with E-state index in [4.69, 9.17) is 0 Å². The minimum atomic E-state index is -2.98. The molecule has 0 aliphatic carbocycles. The second-order valence-corrected chi connectivity index (χ2v) is 8.92. The molecule has 8 heteroatoms. The smallest absolute Gasteiger partial charge is 0.323 e. The topological polar surface area (TPSA) is 84.3 Å². The Hall–Kier alpha value is -1.57. The molecule has 0 unspecified atom stereocenters. The largest absolute Gasteiger partial charge is 0.324 e. The molecule has 0 saturated carbocycles. The van der Waals surface area contributed by atoms with Crippen molar-refractivity contribution in [2.75, 3.05) is 29.9 Å². The van der Waals surface area contributed by atoms with Crippen molar-refractivity contribution in [1.82, 2.24) is 14.7 Å². The third kappa shape index (κ3) is 3.85. The molecule has 1 aromatic heterocycles. The fraction of sp³-hybridized carbons (Fsp3) is 0.733. The molecule has 0 aromatic carbocycles. The molecule has 3 rings (SSSR count). The molecule has 0 bridgehead atoms. The summed E-state index contributed by atoms with van der Waals surface area (Å²) in [7, 11) is -2.98. The Balaban J connectivity index is 1.69. The lowest BCUT2D eigenvalue weighted by Gasteiger charge is -2.23. The molecule has 0 radical (unpaired) electrons. The molecule has 2 aliphatic rings. The molecule has 2 aliphatic heterocycles. The highest BCUT2D eigenvalue weighted by Gasteiger charge is 2.31. The number of hydrogen-bond donors (Lipinski definition) is 1. The summed E-state index contributed by atoms with van der Waals surface area (Å²) in [5.41, 5.74) is 0. The van der Waals surface area contributed by atoms with Gasteiger partial charge in [-0.15, -0.1) is 0 Å².